The van der Waals surface area contributed by atoms with E-state index in [1.54, 1.807) is 0 Å². The molecule has 0 aliphatic rings. The SMILES string of the molecule is CCc1ccc2[nH]c(=O)c(CN(CC[NH+](C)C)C(=S)Nc3ccc(C)cc3)cc2c1. The lowest BCUT2D eigenvalue weighted by atomic mass is 10.1. The van der Waals surface area contributed by atoms with Crippen molar-refractivity contribution in [2.75, 3.05) is 32.5 Å². The van der Waals surface area contributed by atoms with E-state index >= 15 is 0 Å². The molecule has 1 heterocycles. The summed E-state index contributed by atoms with van der Waals surface area (Å²) in [5.41, 5.74) is 4.93. The van der Waals surface area contributed by atoms with Gasteiger partial charge in [-0.2, -0.15) is 0 Å². The van der Waals surface area contributed by atoms with E-state index < -0.39 is 0 Å². The van der Waals surface area contributed by atoms with Crippen LogP contribution in [0.25, 0.3) is 10.9 Å². The molecule has 5 nitrogen and oxygen atoms in total. The highest BCUT2D eigenvalue weighted by Gasteiger charge is 2.15. The molecule has 30 heavy (non-hydrogen) atoms. The third-order valence-corrected chi connectivity index (χ3v) is 5.59. The maximum absolute atomic E-state index is 12.7. The van der Waals surface area contributed by atoms with Crippen molar-refractivity contribution in [1.29, 1.82) is 0 Å². The molecule has 0 saturated carbocycles. The van der Waals surface area contributed by atoms with Crippen LogP contribution < -0.4 is 15.8 Å². The van der Waals surface area contributed by atoms with Crippen molar-refractivity contribution >= 4 is 33.9 Å². The van der Waals surface area contributed by atoms with Gasteiger partial charge in [-0.15, -0.1) is 0 Å². The van der Waals surface area contributed by atoms with Gasteiger partial charge in [0.1, 0.15) is 0 Å². The van der Waals surface area contributed by atoms with Gasteiger partial charge in [-0.1, -0.05) is 30.7 Å². The molecule has 3 aromatic rings. The summed E-state index contributed by atoms with van der Waals surface area (Å²) < 4.78 is 0. The number of hydrogen-bond acceptors (Lipinski definition) is 2. The van der Waals surface area contributed by atoms with Crippen molar-refractivity contribution in [2.24, 2.45) is 0 Å². The molecule has 6 heteroatoms. The molecule has 2 aromatic carbocycles. The summed E-state index contributed by atoms with van der Waals surface area (Å²) >= 11 is 5.71. The first-order valence-corrected chi connectivity index (χ1v) is 10.8. The molecule has 0 radical (unpaired) electrons. The molecule has 3 rings (SSSR count). The number of quaternary nitrogens is 1. The number of nitrogens with zero attached hydrogens (tertiary/aromatic N) is 1. The summed E-state index contributed by atoms with van der Waals surface area (Å²) in [5, 5.41) is 5.01. The molecule has 0 amide bonds. The smallest absolute Gasteiger partial charge is 0.253 e. The molecule has 0 saturated heterocycles. The predicted molar refractivity (Wildman–Crippen MR) is 129 cm³/mol. The van der Waals surface area contributed by atoms with E-state index in [0.29, 0.717) is 11.7 Å². The molecular formula is C24H31N4OS+. The van der Waals surface area contributed by atoms with E-state index in [4.69, 9.17) is 12.2 Å². The number of rotatable bonds is 7. The molecule has 3 N–H and O–H groups in total. The fourth-order valence-corrected chi connectivity index (χ4v) is 3.57. The number of aromatic nitrogens is 1. The molecular weight excluding hydrogens is 392 g/mol. The van der Waals surface area contributed by atoms with Crippen LogP contribution in [-0.2, 0) is 13.0 Å². The Morgan fingerprint density at radius 3 is 2.53 bits per heavy atom. The van der Waals surface area contributed by atoms with E-state index in [1.165, 1.54) is 16.0 Å². The van der Waals surface area contributed by atoms with E-state index in [2.05, 4.69) is 67.4 Å². The lowest BCUT2D eigenvalue weighted by Crippen LogP contribution is -3.06. The number of H-pyrrole nitrogens is 1. The van der Waals surface area contributed by atoms with Crippen LogP contribution in [0.2, 0.25) is 0 Å². The Kier molecular flexibility index (Phi) is 7.24. The van der Waals surface area contributed by atoms with E-state index in [1.807, 2.05) is 24.3 Å². The summed E-state index contributed by atoms with van der Waals surface area (Å²) in [7, 11) is 4.23. The van der Waals surface area contributed by atoms with Gasteiger partial charge in [0.15, 0.2) is 5.11 Å². The van der Waals surface area contributed by atoms with Gasteiger partial charge in [0.2, 0.25) is 0 Å². The van der Waals surface area contributed by atoms with Crippen LogP contribution in [0.1, 0.15) is 23.6 Å². The van der Waals surface area contributed by atoms with Crippen LogP contribution >= 0.6 is 12.2 Å². The average molecular weight is 424 g/mol. The van der Waals surface area contributed by atoms with Crippen LogP contribution in [0.3, 0.4) is 0 Å². The Hall–Kier alpha value is -2.70. The number of hydrogen-bond donors (Lipinski definition) is 3. The Labute approximate surface area is 183 Å². The van der Waals surface area contributed by atoms with E-state index in [9.17, 15) is 4.79 Å². The first-order valence-electron chi connectivity index (χ1n) is 10.4. The van der Waals surface area contributed by atoms with Gasteiger partial charge < -0.3 is 20.1 Å². The number of aryl methyl sites for hydroxylation is 2. The number of nitrogens with one attached hydrogen (secondary N) is 3. The summed E-state index contributed by atoms with van der Waals surface area (Å²) in [6.07, 6.45) is 0.965. The fourth-order valence-electron chi connectivity index (χ4n) is 3.29. The Balaban J connectivity index is 1.86. The molecule has 1 aromatic heterocycles. The number of pyridine rings is 1. The number of aromatic amines is 1. The summed E-state index contributed by atoms with van der Waals surface area (Å²) in [6, 6.07) is 16.3. The number of fused-ring (bicyclic) bond motifs is 1. The van der Waals surface area contributed by atoms with Crippen LogP contribution in [0, 0.1) is 6.92 Å². The van der Waals surface area contributed by atoms with Crippen molar-refractivity contribution < 1.29 is 4.90 Å². The second-order valence-electron chi connectivity index (χ2n) is 8.07. The molecule has 0 fully saturated rings. The first kappa shape index (κ1) is 22.0. The van der Waals surface area contributed by atoms with Gasteiger partial charge in [-0.25, -0.2) is 0 Å². The van der Waals surface area contributed by atoms with Crippen LogP contribution in [0.15, 0.2) is 53.3 Å². The lowest BCUT2D eigenvalue weighted by molar-refractivity contribution is -0.857. The zero-order valence-electron chi connectivity index (χ0n) is 18.2. The maximum Gasteiger partial charge on any atom is 0.253 e. The topological polar surface area (TPSA) is 52.6 Å². The summed E-state index contributed by atoms with van der Waals surface area (Å²) in [4.78, 5) is 19.2. The third kappa shape index (κ3) is 5.68. The maximum atomic E-state index is 12.7. The minimum Gasteiger partial charge on any atom is -0.339 e. The van der Waals surface area contributed by atoms with Crippen molar-refractivity contribution in [3.05, 3.63) is 75.6 Å². The standard InChI is InChI=1S/C24H30N4OS/c1-5-18-8-11-22-19(14-18)15-20(23(29)26-22)16-28(13-12-27(3)4)24(30)25-21-9-6-17(2)7-10-21/h6-11,14-15H,5,12-13,16H2,1-4H3,(H,25,30)(H,26,29)/p+1. The molecule has 0 bridgehead atoms. The number of anilines is 1. The zero-order valence-corrected chi connectivity index (χ0v) is 19.0. The quantitative estimate of drug-likeness (QED) is 0.512. The second kappa shape index (κ2) is 9.87. The van der Waals surface area contributed by atoms with Gasteiger partial charge in [-0.3, -0.25) is 4.79 Å². The van der Waals surface area contributed by atoms with E-state index in [0.717, 1.165) is 41.7 Å². The second-order valence-corrected chi connectivity index (χ2v) is 8.46. The van der Waals surface area contributed by atoms with Gasteiger partial charge in [-0.05, 0) is 66.8 Å². The van der Waals surface area contributed by atoms with Gasteiger partial charge in [0.05, 0.1) is 33.7 Å². The van der Waals surface area contributed by atoms with Gasteiger partial charge in [0, 0.05) is 16.8 Å². The minimum atomic E-state index is -0.0629. The normalized spacial score (nSPS) is 11.1. The van der Waals surface area contributed by atoms with Crippen molar-refractivity contribution in [1.82, 2.24) is 9.88 Å². The molecule has 0 atom stereocenters. The predicted octanol–water partition coefficient (Wildman–Crippen LogP) is 2.74. The number of likely N-dealkylation sites (N-methyl/N-ethyl adjacent to an activating group) is 1. The fraction of sp³-hybridized carbons (Fsp3) is 0.333. The summed E-state index contributed by atoms with van der Waals surface area (Å²) in [6.45, 7) is 6.33. The highest BCUT2D eigenvalue weighted by molar-refractivity contribution is 7.80. The Morgan fingerprint density at radius 2 is 1.87 bits per heavy atom. The lowest BCUT2D eigenvalue weighted by Gasteiger charge is -2.26. The van der Waals surface area contributed by atoms with Gasteiger partial charge in [0.25, 0.3) is 5.56 Å². The summed E-state index contributed by atoms with van der Waals surface area (Å²) in [5.74, 6) is 0. The van der Waals surface area contributed by atoms with Crippen LogP contribution in [-0.4, -0.2) is 42.2 Å². The molecule has 0 aliphatic carbocycles. The monoisotopic (exact) mass is 423 g/mol. The van der Waals surface area contributed by atoms with Crippen LogP contribution in [0.4, 0.5) is 5.69 Å². The highest BCUT2D eigenvalue weighted by Crippen LogP contribution is 2.16. The zero-order chi connectivity index (χ0) is 21.7. The third-order valence-electron chi connectivity index (χ3n) is 5.23. The molecule has 158 valence electrons. The molecule has 0 spiro atoms. The van der Waals surface area contributed by atoms with Crippen molar-refractivity contribution in [2.45, 2.75) is 26.8 Å². The molecule has 0 unspecified atom stereocenters. The Bertz CT molecular complexity index is 1070. The number of thiocarbonyl (C=S) groups is 1. The minimum absolute atomic E-state index is 0.0629. The Morgan fingerprint density at radius 1 is 1.13 bits per heavy atom. The highest BCUT2D eigenvalue weighted by atomic mass is 32.1. The van der Waals surface area contributed by atoms with Crippen molar-refractivity contribution in [3.8, 4) is 0 Å². The van der Waals surface area contributed by atoms with E-state index in [-0.39, 0.29) is 5.56 Å². The molecule has 0 aliphatic heterocycles. The largest absolute Gasteiger partial charge is 0.339 e. The first-order chi connectivity index (χ1) is 14.4. The van der Waals surface area contributed by atoms with Crippen LogP contribution in [0.5, 0.6) is 0 Å². The average Bonchev–Trinajstić information content (AvgIpc) is 2.72. The number of benzene rings is 2. The van der Waals surface area contributed by atoms with Crippen molar-refractivity contribution in [3.63, 3.8) is 0 Å². The van der Waals surface area contributed by atoms with Gasteiger partial charge >= 0.3 is 0 Å².